The highest BCUT2D eigenvalue weighted by Crippen LogP contribution is 2.29. The van der Waals surface area contributed by atoms with Gasteiger partial charge in [-0.05, 0) is 38.1 Å². The van der Waals surface area contributed by atoms with E-state index in [1.807, 2.05) is 4.90 Å². The first kappa shape index (κ1) is 16.0. The molecule has 0 bridgehead atoms. The van der Waals surface area contributed by atoms with Crippen molar-refractivity contribution in [2.24, 2.45) is 5.92 Å². The zero-order chi connectivity index (χ0) is 16.2. The summed E-state index contributed by atoms with van der Waals surface area (Å²) >= 11 is 0. The summed E-state index contributed by atoms with van der Waals surface area (Å²) in [5, 5.41) is 3.62. The molecule has 1 aromatic heterocycles. The maximum Gasteiger partial charge on any atom is 0.264 e. The molecular weight excluding hydrogens is 296 g/mol. The Balaban J connectivity index is 1.62. The van der Waals surface area contributed by atoms with Crippen molar-refractivity contribution < 1.29 is 14.3 Å². The average molecular weight is 320 g/mol. The smallest absolute Gasteiger partial charge is 0.264 e. The predicted molar refractivity (Wildman–Crippen MR) is 84.8 cm³/mol. The Morgan fingerprint density at radius 1 is 1.17 bits per heavy atom. The highest BCUT2D eigenvalue weighted by molar-refractivity contribution is 5.98. The van der Waals surface area contributed by atoms with E-state index < -0.39 is 0 Å². The fraction of sp³-hybridized carbons (Fsp3) is 0.688. The van der Waals surface area contributed by atoms with Crippen LogP contribution in [0.4, 0.5) is 0 Å². The van der Waals surface area contributed by atoms with E-state index in [9.17, 15) is 4.79 Å². The SMILES string of the molecule is COc1ncnc(OC)c1C(=O)N1CCC(NCC2CC2)CC1. The Bertz CT molecular complexity index is 532. The maximum atomic E-state index is 12.8. The molecule has 0 radical (unpaired) electrons. The molecule has 2 heterocycles. The van der Waals surface area contributed by atoms with Gasteiger partial charge in [-0.2, -0.15) is 0 Å². The van der Waals surface area contributed by atoms with Crippen LogP contribution in [0.3, 0.4) is 0 Å². The molecular formula is C16H24N4O3. The van der Waals surface area contributed by atoms with Crippen molar-refractivity contribution in [2.45, 2.75) is 31.7 Å². The van der Waals surface area contributed by atoms with Crippen LogP contribution in [0.15, 0.2) is 6.33 Å². The summed E-state index contributed by atoms with van der Waals surface area (Å²) in [7, 11) is 2.99. The Labute approximate surface area is 136 Å². The predicted octanol–water partition coefficient (Wildman–Crippen LogP) is 1.10. The van der Waals surface area contributed by atoms with E-state index in [2.05, 4.69) is 15.3 Å². The number of methoxy groups -OCH3 is 2. The van der Waals surface area contributed by atoms with E-state index in [1.165, 1.54) is 33.4 Å². The van der Waals surface area contributed by atoms with Gasteiger partial charge in [-0.3, -0.25) is 4.79 Å². The molecule has 1 saturated carbocycles. The first-order valence-electron chi connectivity index (χ1n) is 8.18. The van der Waals surface area contributed by atoms with Gasteiger partial charge in [-0.15, -0.1) is 0 Å². The van der Waals surface area contributed by atoms with Crippen LogP contribution in [0.2, 0.25) is 0 Å². The van der Waals surface area contributed by atoms with E-state index in [0.717, 1.165) is 38.4 Å². The summed E-state index contributed by atoms with van der Waals surface area (Å²) < 4.78 is 10.4. The van der Waals surface area contributed by atoms with Crippen molar-refractivity contribution in [3.05, 3.63) is 11.9 Å². The number of ether oxygens (including phenoxy) is 2. The molecule has 1 aliphatic carbocycles. The first-order chi connectivity index (χ1) is 11.2. The van der Waals surface area contributed by atoms with Crippen molar-refractivity contribution in [3.63, 3.8) is 0 Å². The summed E-state index contributed by atoms with van der Waals surface area (Å²) in [6, 6.07) is 0.510. The Morgan fingerprint density at radius 2 is 1.78 bits per heavy atom. The van der Waals surface area contributed by atoms with Gasteiger partial charge in [-0.1, -0.05) is 0 Å². The lowest BCUT2D eigenvalue weighted by Crippen LogP contribution is -2.45. The van der Waals surface area contributed by atoms with Crippen LogP contribution >= 0.6 is 0 Å². The highest BCUT2D eigenvalue weighted by atomic mass is 16.5. The van der Waals surface area contributed by atoms with E-state index in [0.29, 0.717) is 11.6 Å². The largest absolute Gasteiger partial charge is 0.480 e. The molecule has 1 saturated heterocycles. The molecule has 1 N–H and O–H groups in total. The molecule has 0 spiro atoms. The number of amides is 1. The third kappa shape index (κ3) is 3.72. The number of aromatic nitrogens is 2. The fourth-order valence-corrected chi connectivity index (χ4v) is 2.95. The third-order valence-electron chi connectivity index (χ3n) is 4.55. The van der Waals surface area contributed by atoms with Gasteiger partial charge < -0.3 is 19.7 Å². The van der Waals surface area contributed by atoms with Crippen molar-refractivity contribution in [1.29, 1.82) is 0 Å². The van der Waals surface area contributed by atoms with Crippen molar-refractivity contribution >= 4 is 5.91 Å². The number of piperidine rings is 1. The minimum atomic E-state index is -0.125. The second-order valence-electron chi connectivity index (χ2n) is 6.19. The van der Waals surface area contributed by atoms with Gasteiger partial charge in [0.15, 0.2) is 5.56 Å². The van der Waals surface area contributed by atoms with Gasteiger partial charge in [0.1, 0.15) is 6.33 Å². The van der Waals surface area contributed by atoms with Crippen molar-refractivity contribution in [1.82, 2.24) is 20.2 Å². The number of rotatable bonds is 6. The summed E-state index contributed by atoms with van der Waals surface area (Å²) in [4.78, 5) is 22.7. The van der Waals surface area contributed by atoms with E-state index in [4.69, 9.17) is 9.47 Å². The second-order valence-corrected chi connectivity index (χ2v) is 6.19. The molecule has 23 heavy (non-hydrogen) atoms. The Hall–Kier alpha value is -1.89. The van der Waals surface area contributed by atoms with Gasteiger partial charge in [0.25, 0.3) is 5.91 Å². The third-order valence-corrected chi connectivity index (χ3v) is 4.55. The summed E-state index contributed by atoms with van der Waals surface area (Å²) in [5.74, 6) is 1.27. The molecule has 0 aromatic carbocycles. The molecule has 3 rings (SSSR count). The van der Waals surface area contributed by atoms with Crippen LogP contribution in [0.1, 0.15) is 36.0 Å². The molecule has 126 valence electrons. The minimum Gasteiger partial charge on any atom is -0.480 e. The van der Waals surface area contributed by atoms with Crippen LogP contribution in [-0.2, 0) is 0 Å². The number of carbonyl (C=O) groups is 1. The minimum absolute atomic E-state index is 0.125. The van der Waals surface area contributed by atoms with E-state index >= 15 is 0 Å². The van der Waals surface area contributed by atoms with Gasteiger partial charge in [0, 0.05) is 19.1 Å². The number of hydrogen-bond acceptors (Lipinski definition) is 6. The van der Waals surface area contributed by atoms with E-state index in [-0.39, 0.29) is 17.7 Å². The van der Waals surface area contributed by atoms with Crippen LogP contribution in [0.5, 0.6) is 11.8 Å². The van der Waals surface area contributed by atoms with E-state index in [1.54, 1.807) is 0 Å². The molecule has 7 heteroatoms. The van der Waals surface area contributed by atoms with Gasteiger partial charge in [0.05, 0.1) is 14.2 Å². The number of likely N-dealkylation sites (tertiary alicyclic amines) is 1. The summed E-state index contributed by atoms with van der Waals surface area (Å²) in [6.07, 6.45) is 5.99. The molecule has 1 aliphatic heterocycles. The van der Waals surface area contributed by atoms with Gasteiger partial charge in [0.2, 0.25) is 11.8 Å². The zero-order valence-corrected chi connectivity index (χ0v) is 13.7. The van der Waals surface area contributed by atoms with Crippen molar-refractivity contribution in [3.8, 4) is 11.8 Å². The molecule has 1 aromatic rings. The standard InChI is InChI=1S/C16H24N4O3/c1-22-14-13(15(23-2)19-10-18-14)16(21)20-7-5-12(6-8-20)17-9-11-3-4-11/h10-12,17H,3-9H2,1-2H3. The molecule has 1 amide bonds. The van der Waals surface area contributed by atoms with Gasteiger partial charge >= 0.3 is 0 Å². The molecule has 0 atom stereocenters. The van der Waals surface area contributed by atoms with Crippen molar-refractivity contribution in [2.75, 3.05) is 33.9 Å². The highest BCUT2D eigenvalue weighted by Gasteiger charge is 2.30. The molecule has 2 fully saturated rings. The number of nitrogens with one attached hydrogen (secondary N) is 1. The topological polar surface area (TPSA) is 76.6 Å². The summed E-state index contributed by atoms with van der Waals surface area (Å²) in [5.41, 5.74) is 0.307. The maximum absolute atomic E-state index is 12.8. The number of nitrogens with zero attached hydrogens (tertiary/aromatic N) is 3. The number of hydrogen-bond donors (Lipinski definition) is 1. The number of carbonyl (C=O) groups excluding carboxylic acids is 1. The fourth-order valence-electron chi connectivity index (χ4n) is 2.95. The average Bonchev–Trinajstić information content (AvgIpc) is 3.43. The summed E-state index contributed by atoms with van der Waals surface area (Å²) in [6.45, 7) is 2.57. The Morgan fingerprint density at radius 3 is 2.30 bits per heavy atom. The lowest BCUT2D eigenvalue weighted by molar-refractivity contribution is 0.0696. The molecule has 2 aliphatic rings. The second kappa shape index (κ2) is 7.12. The van der Waals surface area contributed by atoms with Crippen LogP contribution in [-0.4, -0.2) is 60.7 Å². The Kier molecular flexibility index (Phi) is 4.95. The monoisotopic (exact) mass is 320 g/mol. The molecule has 7 nitrogen and oxygen atoms in total. The quantitative estimate of drug-likeness (QED) is 0.846. The van der Waals surface area contributed by atoms with Crippen LogP contribution in [0, 0.1) is 5.92 Å². The lowest BCUT2D eigenvalue weighted by Gasteiger charge is -2.32. The first-order valence-corrected chi connectivity index (χ1v) is 8.18. The van der Waals surface area contributed by atoms with Crippen LogP contribution < -0.4 is 14.8 Å². The van der Waals surface area contributed by atoms with Gasteiger partial charge in [-0.25, -0.2) is 9.97 Å². The van der Waals surface area contributed by atoms with Crippen LogP contribution in [0.25, 0.3) is 0 Å². The lowest BCUT2D eigenvalue weighted by atomic mass is 10.0. The normalized spacial score (nSPS) is 18.8. The molecule has 0 unspecified atom stereocenters. The zero-order valence-electron chi connectivity index (χ0n) is 13.7.